The summed E-state index contributed by atoms with van der Waals surface area (Å²) in [6.45, 7) is 9.02. The first kappa shape index (κ1) is 22.2. The highest BCUT2D eigenvalue weighted by atomic mass is 35.5. The predicted octanol–water partition coefficient (Wildman–Crippen LogP) is 5.51. The summed E-state index contributed by atoms with van der Waals surface area (Å²) < 4.78 is 13.4. The Morgan fingerprint density at radius 2 is 1.97 bits per heavy atom. The molecule has 3 aromatic rings. The second kappa shape index (κ2) is 9.13. The second-order valence-electron chi connectivity index (χ2n) is 7.36. The molecule has 0 spiro atoms. The summed E-state index contributed by atoms with van der Waals surface area (Å²) in [6, 6.07) is 5.52. The molecule has 0 aliphatic rings. The molecule has 8 heteroatoms. The molecular formula is C21H26Cl2N3O2S+. The van der Waals surface area contributed by atoms with E-state index in [1.807, 2.05) is 30.9 Å². The van der Waals surface area contributed by atoms with Crippen LogP contribution in [0.25, 0.3) is 17.0 Å². The molecule has 0 saturated heterocycles. The lowest BCUT2D eigenvalue weighted by molar-refractivity contribution is -0.610. The van der Waals surface area contributed by atoms with Gasteiger partial charge in [0.05, 0.1) is 29.0 Å². The van der Waals surface area contributed by atoms with Crippen molar-refractivity contribution in [2.24, 2.45) is 0 Å². The van der Waals surface area contributed by atoms with Gasteiger partial charge in [0.1, 0.15) is 17.0 Å². The predicted molar refractivity (Wildman–Crippen MR) is 121 cm³/mol. The fourth-order valence-corrected chi connectivity index (χ4v) is 4.76. The van der Waals surface area contributed by atoms with Crippen molar-refractivity contribution in [3.8, 4) is 11.7 Å². The van der Waals surface area contributed by atoms with Crippen LogP contribution in [0.5, 0.6) is 5.75 Å². The van der Waals surface area contributed by atoms with Gasteiger partial charge in [0, 0.05) is 41.9 Å². The highest BCUT2D eigenvalue weighted by molar-refractivity contribution is 7.98. The summed E-state index contributed by atoms with van der Waals surface area (Å²) in [5, 5.41) is 0.987. The first-order chi connectivity index (χ1) is 13.8. The number of hydrogen-bond donors (Lipinski definition) is 1. The van der Waals surface area contributed by atoms with Gasteiger partial charge in [-0.1, -0.05) is 28.2 Å². The number of pyridine rings is 1. The molecule has 0 saturated carbocycles. The van der Waals surface area contributed by atoms with Crippen LogP contribution in [0.15, 0.2) is 24.4 Å². The van der Waals surface area contributed by atoms with E-state index in [1.165, 1.54) is 0 Å². The number of aromatic nitrogens is 3. The summed E-state index contributed by atoms with van der Waals surface area (Å²) in [7, 11) is 1.69. The molecule has 1 N–H and O–H groups in total. The molecule has 156 valence electrons. The van der Waals surface area contributed by atoms with Crippen molar-refractivity contribution >= 4 is 46.0 Å². The van der Waals surface area contributed by atoms with Gasteiger partial charge in [-0.25, -0.2) is 9.55 Å². The number of methoxy groups -OCH3 is 1. The van der Waals surface area contributed by atoms with Crippen molar-refractivity contribution in [3.05, 3.63) is 45.7 Å². The van der Waals surface area contributed by atoms with Crippen molar-refractivity contribution in [2.75, 3.05) is 19.5 Å². The van der Waals surface area contributed by atoms with Crippen LogP contribution in [0.1, 0.15) is 32.0 Å². The number of fused-ring (bicyclic) bond motifs is 1. The lowest BCUT2D eigenvalue weighted by atomic mass is 10.2. The van der Waals surface area contributed by atoms with Crippen LogP contribution >= 0.6 is 35.0 Å². The summed E-state index contributed by atoms with van der Waals surface area (Å²) in [4.78, 5) is 8.06. The Morgan fingerprint density at radius 3 is 2.66 bits per heavy atom. The monoisotopic (exact) mass is 454 g/mol. The molecule has 2 heterocycles. The number of imidazole rings is 1. The average Bonchev–Trinajstić information content (AvgIpc) is 3.05. The zero-order valence-electron chi connectivity index (χ0n) is 17.3. The topological polar surface area (TPSA) is 51.0 Å². The Hall–Kier alpha value is -1.47. The van der Waals surface area contributed by atoms with E-state index in [9.17, 15) is 0 Å². The maximum absolute atomic E-state index is 6.16. The molecule has 5 nitrogen and oxygen atoms in total. The Balaban J connectivity index is 1.97. The number of nitrogens with one attached hydrogen (secondary N) is 1. The van der Waals surface area contributed by atoms with Gasteiger partial charge in [0.15, 0.2) is 5.52 Å². The third-order valence-electron chi connectivity index (χ3n) is 4.65. The van der Waals surface area contributed by atoms with E-state index >= 15 is 0 Å². The van der Waals surface area contributed by atoms with Gasteiger partial charge in [-0.15, -0.1) is 0 Å². The number of ether oxygens (including phenoxy) is 2. The van der Waals surface area contributed by atoms with Gasteiger partial charge in [0.25, 0.3) is 0 Å². The molecule has 0 aliphatic heterocycles. The minimum atomic E-state index is -0.177. The SMILES string of the molecule is CCOC(C)(C)CSCc1c(C)c(OC)cc[n+]1-c1nc2cc(Cl)c(Cl)cc2[nH]1. The molecule has 0 unspecified atom stereocenters. The Bertz CT molecular complexity index is 982. The Kier molecular flexibility index (Phi) is 6.99. The van der Waals surface area contributed by atoms with Crippen LogP contribution in [-0.2, 0) is 10.5 Å². The zero-order valence-corrected chi connectivity index (χ0v) is 19.6. The second-order valence-corrected chi connectivity index (χ2v) is 9.16. The van der Waals surface area contributed by atoms with Gasteiger partial charge in [-0.2, -0.15) is 11.8 Å². The fourth-order valence-electron chi connectivity index (χ4n) is 3.21. The zero-order chi connectivity index (χ0) is 21.2. The summed E-state index contributed by atoms with van der Waals surface area (Å²) in [5.41, 5.74) is 3.62. The van der Waals surface area contributed by atoms with E-state index in [-0.39, 0.29) is 5.60 Å². The quantitative estimate of drug-likeness (QED) is 0.455. The summed E-state index contributed by atoms with van der Waals surface area (Å²) >= 11 is 14.1. The fraction of sp³-hybridized carbons (Fsp3) is 0.429. The van der Waals surface area contributed by atoms with E-state index in [2.05, 4.69) is 30.3 Å². The van der Waals surface area contributed by atoms with Crippen molar-refractivity contribution < 1.29 is 14.0 Å². The largest absolute Gasteiger partial charge is 0.496 e. The normalized spacial score (nSPS) is 12.0. The molecule has 0 amide bonds. The van der Waals surface area contributed by atoms with E-state index in [0.29, 0.717) is 22.6 Å². The molecule has 0 aliphatic carbocycles. The van der Waals surface area contributed by atoms with Crippen molar-refractivity contribution in [1.29, 1.82) is 0 Å². The highest BCUT2D eigenvalue weighted by Crippen LogP contribution is 2.28. The van der Waals surface area contributed by atoms with E-state index < -0.39 is 0 Å². The first-order valence-corrected chi connectivity index (χ1v) is 11.3. The molecular weight excluding hydrogens is 429 g/mol. The van der Waals surface area contributed by atoms with Crippen LogP contribution in [0.2, 0.25) is 10.0 Å². The van der Waals surface area contributed by atoms with Crippen molar-refractivity contribution in [3.63, 3.8) is 0 Å². The average molecular weight is 455 g/mol. The smallest absolute Gasteiger partial charge is 0.402 e. The van der Waals surface area contributed by atoms with Gasteiger partial charge < -0.3 is 9.47 Å². The number of benzene rings is 1. The number of H-pyrrole nitrogens is 1. The number of nitrogens with zero attached hydrogens (tertiary/aromatic N) is 2. The van der Waals surface area contributed by atoms with Crippen molar-refractivity contribution in [1.82, 2.24) is 9.97 Å². The summed E-state index contributed by atoms with van der Waals surface area (Å²) in [5.74, 6) is 3.23. The van der Waals surface area contributed by atoms with Crippen LogP contribution < -0.4 is 9.30 Å². The van der Waals surface area contributed by atoms with Crippen molar-refractivity contribution in [2.45, 2.75) is 39.0 Å². The van der Waals surface area contributed by atoms with Gasteiger partial charge in [-0.3, -0.25) is 0 Å². The van der Waals surface area contributed by atoms with Gasteiger partial charge >= 0.3 is 5.95 Å². The van der Waals surface area contributed by atoms with Gasteiger partial charge in [-0.05, 0) is 27.7 Å². The Morgan fingerprint density at radius 1 is 1.24 bits per heavy atom. The third kappa shape index (κ3) is 5.00. The molecule has 1 aromatic carbocycles. The Labute approximate surface area is 185 Å². The minimum Gasteiger partial charge on any atom is -0.496 e. The number of aromatic amines is 1. The minimum absolute atomic E-state index is 0.177. The molecule has 0 atom stereocenters. The van der Waals surface area contributed by atoms with Crippen LogP contribution in [0, 0.1) is 6.92 Å². The highest BCUT2D eigenvalue weighted by Gasteiger charge is 2.23. The number of rotatable bonds is 8. The molecule has 0 radical (unpaired) electrons. The van der Waals surface area contributed by atoms with Crippen LogP contribution in [0.4, 0.5) is 0 Å². The number of thioether (sulfide) groups is 1. The van der Waals surface area contributed by atoms with E-state index in [0.717, 1.165) is 39.5 Å². The van der Waals surface area contributed by atoms with E-state index in [1.54, 1.807) is 19.2 Å². The van der Waals surface area contributed by atoms with Crippen LogP contribution in [-0.4, -0.2) is 35.0 Å². The molecule has 0 fully saturated rings. The third-order valence-corrected chi connectivity index (χ3v) is 6.75. The van der Waals surface area contributed by atoms with Gasteiger partial charge in [0.2, 0.25) is 0 Å². The lowest BCUT2D eigenvalue weighted by Crippen LogP contribution is -2.38. The number of halogens is 2. The molecule has 2 aromatic heterocycles. The first-order valence-electron chi connectivity index (χ1n) is 9.40. The molecule has 0 bridgehead atoms. The maximum atomic E-state index is 6.16. The molecule has 3 rings (SSSR count). The summed E-state index contributed by atoms with van der Waals surface area (Å²) in [6.07, 6.45) is 1.97. The van der Waals surface area contributed by atoms with Crippen LogP contribution in [0.3, 0.4) is 0 Å². The van der Waals surface area contributed by atoms with E-state index in [4.69, 9.17) is 37.7 Å². The molecule has 29 heavy (non-hydrogen) atoms. The lowest BCUT2D eigenvalue weighted by Gasteiger charge is -2.24. The standard InChI is InChI=1S/C21H26Cl2N3O2S/c1-6-28-21(3,4)12-29-11-18-13(2)19(27-5)7-8-26(18)20-24-16-9-14(22)15(23)10-17(16)25-20/h7-10H,6,11-12H2,1-5H3,(H,24,25)/q+1. The number of hydrogen-bond acceptors (Lipinski definition) is 4. The maximum Gasteiger partial charge on any atom is 0.402 e.